The van der Waals surface area contributed by atoms with E-state index in [1.165, 1.54) is 0 Å². The van der Waals surface area contributed by atoms with Crippen LogP contribution in [0.5, 0.6) is 0 Å². The van der Waals surface area contributed by atoms with Crippen LogP contribution in [-0.2, 0) is 0 Å². The first-order valence-electron chi connectivity index (χ1n) is 8.00. The topological polar surface area (TPSA) is 87.1 Å². The van der Waals surface area contributed by atoms with Crippen LogP contribution in [-0.4, -0.2) is 59.5 Å². The zero-order chi connectivity index (χ0) is 16.9. The molecule has 1 aliphatic heterocycles. The largest absolute Gasteiger partial charge is 0.354 e. The normalized spacial score (nSPS) is 17.4. The fourth-order valence-corrected chi connectivity index (χ4v) is 2.89. The number of piperidine rings is 1. The van der Waals surface area contributed by atoms with Crippen molar-refractivity contribution in [3.05, 3.63) is 36.2 Å². The van der Waals surface area contributed by atoms with Crippen LogP contribution in [0.3, 0.4) is 0 Å². The number of nitrogens with one attached hydrogen (secondary N) is 1. The Balaban J connectivity index is 1.70. The molecule has 2 aromatic heterocycles. The second kappa shape index (κ2) is 7.20. The van der Waals surface area contributed by atoms with Gasteiger partial charge in [0.2, 0.25) is 0 Å². The van der Waals surface area contributed by atoms with Crippen LogP contribution in [0.1, 0.15) is 23.3 Å². The molecular weight excluding hydrogens is 306 g/mol. The molecule has 1 fully saturated rings. The standard InChI is InChI=1S/C16H21N7O/c1-17-16(24)13-7-8-14(21-19-13)22(2)12-5-4-10-23(11-12)15-6-3-9-18-20-15/h3,6-9,12H,4-5,10-11H2,1-2H3,(H,17,24). The van der Waals surface area contributed by atoms with Gasteiger partial charge in [0.25, 0.3) is 5.91 Å². The summed E-state index contributed by atoms with van der Waals surface area (Å²) >= 11 is 0. The number of nitrogens with zero attached hydrogens (tertiary/aromatic N) is 6. The summed E-state index contributed by atoms with van der Waals surface area (Å²) in [5.74, 6) is 1.42. The summed E-state index contributed by atoms with van der Waals surface area (Å²) < 4.78 is 0. The molecule has 8 nitrogen and oxygen atoms in total. The summed E-state index contributed by atoms with van der Waals surface area (Å²) in [4.78, 5) is 15.9. The third-order valence-corrected chi connectivity index (χ3v) is 4.30. The predicted molar refractivity (Wildman–Crippen MR) is 91.1 cm³/mol. The van der Waals surface area contributed by atoms with Crippen LogP contribution in [0.25, 0.3) is 0 Å². The van der Waals surface area contributed by atoms with Crippen molar-refractivity contribution in [1.82, 2.24) is 25.7 Å². The lowest BCUT2D eigenvalue weighted by atomic mass is 10.0. The Hall–Kier alpha value is -2.77. The van der Waals surface area contributed by atoms with Crippen molar-refractivity contribution in [2.24, 2.45) is 0 Å². The highest BCUT2D eigenvalue weighted by molar-refractivity contribution is 5.91. The van der Waals surface area contributed by atoms with Crippen molar-refractivity contribution in [1.29, 1.82) is 0 Å². The molecule has 1 saturated heterocycles. The average molecular weight is 327 g/mol. The van der Waals surface area contributed by atoms with Crippen molar-refractivity contribution in [3.63, 3.8) is 0 Å². The fourth-order valence-electron chi connectivity index (χ4n) is 2.89. The highest BCUT2D eigenvalue weighted by Crippen LogP contribution is 2.22. The van der Waals surface area contributed by atoms with Gasteiger partial charge in [-0.1, -0.05) is 0 Å². The first-order valence-corrected chi connectivity index (χ1v) is 8.00. The van der Waals surface area contributed by atoms with E-state index in [1.807, 2.05) is 25.2 Å². The van der Waals surface area contributed by atoms with Crippen LogP contribution in [0, 0.1) is 0 Å². The molecule has 0 saturated carbocycles. The number of carbonyl (C=O) groups is 1. The van der Waals surface area contributed by atoms with E-state index in [4.69, 9.17) is 0 Å². The molecule has 1 aliphatic rings. The summed E-state index contributed by atoms with van der Waals surface area (Å²) in [6, 6.07) is 7.71. The second-order valence-corrected chi connectivity index (χ2v) is 5.79. The lowest BCUT2D eigenvalue weighted by Crippen LogP contribution is -2.47. The number of amides is 1. The van der Waals surface area contributed by atoms with E-state index in [1.54, 1.807) is 19.3 Å². The summed E-state index contributed by atoms with van der Waals surface area (Å²) in [6.07, 6.45) is 3.84. The SMILES string of the molecule is CNC(=O)c1ccc(N(C)C2CCCN(c3cccnn3)C2)nn1. The molecule has 24 heavy (non-hydrogen) atoms. The van der Waals surface area contributed by atoms with Crippen LogP contribution in [0.2, 0.25) is 0 Å². The van der Waals surface area contributed by atoms with Gasteiger partial charge in [0.05, 0.1) is 0 Å². The zero-order valence-corrected chi connectivity index (χ0v) is 13.9. The van der Waals surface area contributed by atoms with Crippen LogP contribution < -0.4 is 15.1 Å². The molecule has 8 heteroatoms. The van der Waals surface area contributed by atoms with Gasteiger partial charge in [-0.15, -0.1) is 15.3 Å². The van der Waals surface area contributed by atoms with Gasteiger partial charge in [-0.2, -0.15) is 5.10 Å². The smallest absolute Gasteiger partial charge is 0.271 e. The molecule has 1 unspecified atom stereocenters. The molecule has 0 aromatic carbocycles. The Morgan fingerprint density at radius 3 is 2.83 bits per heavy atom. The Morgan fingerprint density at radius 2 is 2.17 bits per heavy atom. The van der Waals surface area contributed by atoms with Crippen LogP contribution >= 0.6 is 0 Å². The van der Waals surface area contributed by atoms with Crippen molar-refractivity contribution in [3.8, 4) is 0 Å². The molecule has 3 heterocycles. The fraction of sp³-hybridized carbons (Fsp3) is 0.438. The van der Waals surface area contributed by atoms with E-state index in [2.05, 4.69) is 35.5 Å². The number of aromatic nitrogens is 4. The van der Waals surface area contributed by atoms with Gasteiger partial charge in [-0.3, -0.25) is 4.79 Å². The molecule has 126 valence electrons. The van der Waals surface area contributed by atoms with E-state index in [0.717, 1.165) is 37.6 Å². The first kappa shape index (κ1) is 16.1. The lowest BCUT2D eigenvalue weighted by Gasteiger charge is -2.38. The second-order valence-electron chi connectivity index (χ2n) is 5.79. The number of anilines is 2. The molecule has 3 rings (SSSR count). The van der Waals surface area contributed by atoms with Crippen LogP contribution in [0.15, 0.2) is 30.5 Å². The van der Waals surface area contributed by atoms with E-state index in [9.17, 15) is 4.79 Å². The summed E-state index contributed by atoms with van der Waals surface area (Å²) in [5, 5.41) is 18.9. The number of hydrogen-bond acceptors (Lipinski definition) is 7. The number of hydrogen-bond donors (Lipinski definition) is 1. The summed E-state index contributed by atoms with van der Waals surface area (Å²) in [5.41, 5.74) is 0.319. The minimum Gasteiger partial charge on any atom is -0.354 e. The average Bonchev–Trinajstić information content (AvgIpc) is 2.67. The highest BCUT2D eigenvalue weighted by atomic mass is 16.1. The van der Waals surface area contributed by atoms with Gasteiger partial charge in [-0.25, -0.2) is 0 Å². The molecular formula is C16H21N7O. The van der Waals surface area contributed by atoms with Crippen LogP contribution in [0.4, 0.5) is 11.6 Å². The van der Waals surface area contributed by atoms with Gasteiger partial charge in [0.15, 0.2) is 17.3 Å². The van der Waals surface area contributed by atoms with E-state index in [-0.39, 0.29) is 5.91 Å². The molecule has 0 bridgehead atoms. The molecule has 1 atom stereocenters. The number of rotatable bonds is 4. The molecule has 1 amide bonds. The molecule has 0 radical (unpaired) electrons. The maximum Gasteiger partial charge on any atom is 0.271 e. The van der Waals surface area contributed by atoms with Gasteiger partial charge in [0.1, 0.15) is 0 Å². The van der Waals surface area contributed by atoms with E-state index in [0.29, 0.717) is 11.7 Å². The van der Waals surface area contributed by atoms with E-state index < -0.39 is 0 Å². The lowest BCUT2D eigenvalue weighted by molar-refractivity contribution is 0.0957. The van der Waals surface area contributed by atoms with Crippen molar-refractivity contribution in [2.45, 2.75) is 18.9 Å². The maximum absolute atomic E-state index is 11.5. The zero-order valence-electron chi connectivity index (χ0n) is 13.9. The van der Waals surface area contributed by atoms with Gasteiger partial charge in [0, 0.05) is 39.4 Å². The third kappa shape index (κ3) is 3.42. The summed E-state index contributed by atoms with van der Waals surface area (Å²) in [7, 11) is 3.58. The minimum atomic E-state index is -0.233. The Labute approximate surface area is 140 Å². The highest BCUT2D eigenvalue weighted by Gasteiger charge is 2.25. The van der Waals surface area contributed by atoms with Crippen molar-refractivity contribution >= 4 is 17.5 Å². The number of carbonyl (C=O) groups excluding carboxylic acids is 1. The predicted octanol–water partition coefficient (Wildman–Crippen LogP) is 0.731. The monoisotopic (exact) mass is 327 g/mol. The quantitative estimate of drug-likeness (QED) is 0.886. The number of likely N-dealkylation sites (N-methyl/N-ethyl adjacent to an activating group) is 1. The molecule has 0 aliphatic carbocycles. The van der Waals surface area contributed by atoms with E-state index >= 15 is 0 Å². The molecule has 2 aromatic rings. The minimum absolute atomic E-state index is 0.233. The van der Waals surface area contributed by atoms with Gasteiger partial charge >= 0.3 is 0 Å². The summed E-state index contributed by atoms with van der Waals surface area (Å²) in [6.45, 7) is 1.83. The molecule has 1 N–H and O–H groups in total. The maximum atomic E-state index is 11.5. The Morgan fingerprint density at radius 1 is 1.29 bits per heavy atom. The van der Waals surface area contributed by atoms with Gasteiger partial charge in [-0.05, 0) is 37.1 Å². The van der Waals surface area contributed by atoms with Gasteiger partial charge < -0.3 is 15.1 Å². The van der Waals surface area contributed by atoms with Crippen molar-refractivity contribution in [2.75, 3.05) is 37.0 Å². The first-order chi connectivity index (χ1) is 11.7. The third-order valence-electron chi connectivity index (χ3n) is 4.30. The Bertz CT molecular complexity index is 677. The molecule has 0 spiro atoms. The Kier molecular flexibility index (Phi) is 4.83. The van der Waals surface area contributed by atoms with Crippen molar-refractivity contribution < 1.29 is 4.79 Å².